The summed E-state index contributed by atoms with van der Waals surface area (Å²) >= 11 is 6.62. The van der Waals surface area contributed by atoms with E-state index in [0.717, 1.165) is 5.01 Å². The van der Waals surface area contributed by atoms with Crippen molar-refractivity contribution >= 4 is 34.6 Å². The van der Waals surface area contributed by atoms with Gasteiger partial charge in [-0.3, -0.25) is 0 Å². The third kappa shape index (κ3) is 3.34. The van der Waals surface area contributed by atoms with E-state index in [2.05, 4.69) is 15.6 Å². The van der Waals surface area contributed by atoms with E-state index in [0.29, 0.717) is 28.9 Å². The molecule has 2 N–H and O–H groups in total. The summed E-state index contributed by atoms with van der Waals surface area (Å²) in [5.74, 6) is -0.0392. The van der Waals surface area contributed by atoms with Gasteiger partial charge in [-0.2, -0.15) is 0 Å². The topological polar surface area (TPSA) is 63.2 Å². The van der Waals surface area contributed by atoms with Gasteiger partial charge in [-0.25, -0.2) is 9.78 Å². The van der Waals surface area contributed by atoms with Gasteiger partial charge in [-0.15, -0.1) is 11.3 Å². The Bertz CT molecular complexity index is 538. The van der Waals surface area contributed by atoms with Crippen LogP contribution in [0.2, 0.25) is 0 Å². The van der Waals surface area contributed by atoms with Gasteiger partial charge >= 0.3 is 5.97 Å². The number of nitrogens with zero attached hydrogens (tertiary/aromatic N) is 1. The lowest BCUT2D eigenvalue weighted by molar-refractivity contribution is -0.140. The molecule has 1 atom stereocenters. The zero-order valence-corrected chi connectivity index (χ0v) is 13.2. The molecule has 1 aliphatic rings. The largest absolute Gasteiger partial charge is 0.462 e. The quantitative estimate of drug-likeness (QED) is 0.656. The van der Waals surface area contributed by atoms with Crippen molar-refractivity contribution in [1.82, 2.24) is 15.6 Å². The fourth-order valence-electron chi connectivity index (χ4n) is 1.85. The maximum absolute atomic E-state index is 12.3. The van der Waals surface area contributed by atoms with Crippen LogP contribution in [0.15, 0.2) is 22.8 Å². The Morgan fingerprint density at radius 2 is 2.35 bits per heavy atom. The number of esters is 1. The minimum Gasteiger partial charge on any atom is -0.462 e. The van der Waals surface area contributed by atoms with E-state index in [4.69, 9.17) is 17.0 Å². The molecule has 20 heavy (non-hydrogen) atoms. The van der Waals surface area contributed by atoms with Crippen molar-refractivity contribution in [3.05, 3.63) is 27.9 Å². The molecule has 0 aliphatic carbocycles. The van der Waals surface area contributed by atoms with Crippen molar-refractivity contribution in [2.24, 2.45) is 5.92 Å². The van der Waals surface area contributed by atoms with Crippen molar-refractivity contribution in [2.45, 2.75) is 26.8 Å². The van der Waals surface area contributed by atoms with Crippen molar-refractivity contribution < 1.29 is 9.53 Å². The number of hydrogen-bond acceptors (Lipinski definition) is 5. The molecule has 1 aliphatic heterocycles. The van der Waals surface area contributed by atoms with Gasteiger partial charge in [0.05, 0.1) is 12.2 Å². The van der Waals surface area contributed by atoms with Crippen molar-refractivity contribution in [3.8, 4) is 0 Å². The molecule has 0 saturated carbocycles. The Morgan fingerprint density at radius 1 is 1.60 bits per heavy atom. The van der Waals surface area contributed by atoms with Crippen LogP contribution in [0.25, 0.3) is 0 Å². The smallest absolute Gasteiger partial charge is 0.338 e. The molecule has 7 heteroatoms. The zero-order valence-electron chi connectivity index (χ0n) is 11.6. The number of rotatable bonds is 4. The molecule has 0 aromatic carbocycles. The Kier molecular flexibility index (Phi) is 4.72. The summed E-state index contributed by atoms with van der Waals surface area (Å²) in [6.07, 6.45) is 1.71. The highest BCUT2D eigenvalue weighted by Crippen LogP contribution is 2.28. The van der Waals surface area contributed by atoms with Gasteiger partial charge in [0.25, 0.3) is 0 Å². The van der Waals surface area contributed by atoms with E-state index >= 15 is 0 Å². The van der Waals surface area contributed by atoms with Crippen molar-refractivity contribution in [1.29, 1.82) is 0 Å². The molecule has 0 fully saturated rings. The third-order valence-corrected chi connectivity index (χ3v) is 3.80. The second-order valence-electron chi connectivity index (χ2n) is 4.93. The van der Waals surface area contributed by atoms with Crippen LogP contribution in [0.1, 0.15) is 31.8 Å². The number of hydrogen-bond donors (Lipinski definition) is 2. The lowest BCUT2D eigenvalue weighted by Crippen LogP contribution is -2.45. The summed E-state index contributed by atoms with van der Waals surface area (Å²) in [7, 11) is 0. The van der Waals surface area contributed by atoms with Crippen LogP contribution in [0, 0.1) is 5.92 Å². The van der Waals surface area contributed by atoms with Crippen LogP contribution in [0.3, 0.4) is 0 Å². The highest BCUT2D eigenvalue weighted by Gasteiger charge is 2.32. The summed E-state index contributed by atoms with van der Waals surface area (Å²) in [5, 5.41) is 9.20. The maximum atomic E-state index is 12.3. The second-order valence-corrected chi connectivity index (χ2v) is 6.27. The van der Waals surface area contributed by atoms with Crippen LogP contribution in [-0.2, 0) is 9.53 Å². The van der Waals surface area contributed by atoms with Gasteiger partial charge in [-0.05, 0) is 25.1 Å². The van der Waals surface area contributed by atoms with E-state index < -0.39 is 0 Å². The molecule has 0 amide bonds. The second kappa shape index (κ2) is 6.32. The minimum absolute atomic E-state index is 0.295. The summed E-state index contributed by atoms with van der Waals surface area (Å²) in [6, 6.07) is -0.344. The van der Waals surface area contributed by atoms with Crippen LogP contribution in [0.5, 0.6) is 0 Å². The van der Waals surface area contributed by atoms with Gasteiger partial charge < -0.3 is 15.4 Å². The Morgan fingerprint density at radius 3 is 2.95 bits per heavy atom. The molecule has 0 bridgehead atoms. The van der Waals surface area contributed by atoms with E-state index in [-0.39, 0.29) is 12.0 Å². The summed E-state index contributed by atoms with van der Waals surface area (Å²) in [6.45, 7) is 6.21. The molecular formula is C13H17N3O2S2. The molecule has 5 nitrogen and oxygen atoms in total. The molecule has 108 valence electrons. The van der Waals surface area contributed by atoms with Crippen LogP contribution >= 0.6 is 23.6 Å². The molecular weight excluding hydrogens is 294 g/mol. The molecule has 1 aromatic rings. The van der Waals surface area contributed by atoms with Gasteiger partial charge in [0.1, 0.15) is 11.0 Å². The van der Waals surface area contributed by atoms with Gasteiger partial charge in [0, 0.05) is 17.3 Å². The first-order chi connectivity index (χ1) is 9.49. The van der Waals surface area contributed by atoms with Crippen LogP contribution in [-0.4, -0.2) is 22.7 Å². The van der Waals surface area contributed by atoms with Gasteiger partial charge in [0.2, 0.25) is 0 Å². The van der Waals surface area contributed by atoms with Crippen LogP contribution < -0.4 is 10.6 Å². The lowest BCUT2D eigenvalue weighted by Gasteiger charge is -2.28. The Hall–Kier alpha value is -1.47. The number of nitrogens with one attached hydrogen (secondary N) is 2. The van der Waals surface area contributed by atoms with Crippen LogP contribution in [0.4, 0.5) is 0 Å². The van der Waals surface area contributed by atoms with Gasteiger partial charge in [0.15, 0.2) is 5.11 Å². The molecule has 0 radical (unpaired) electrons. The summed E-state index contributed by atoms with van der Waals surface area (Å²) in [4.78, 5) is 16.6. The highest BCUT2D eigenvalue weighted by molar-refractivity contribution is 7.80. The lowest BCUT2D eigenvalue weighted by atomic mass is 10.0. The number of thiocarbonyl (C=S) groups is 1. The Balaban J connectivity index is 2.27. The number of carbonyl (C=O) groups is 1. The monoisotopic (exact) mass is 311 g/mol. The fraction of sp³-hybridized carbons (Fsp3) is 0.462. The first-order valence-corrected chi connectivity index (χ1v) is 7.62. The predicted octanol–water partition coefficient (Wildman–Crippen LogP) is 2.14. The summed E-state index contributed by atoms with van der Waals surface area (Å²) < 4.78 is 5.33. The molecule has 0 spiro atoms. The first kappa shape index (κ1) is 14.9. The highest BCUT2D eigenvalue weighted by atomic mass is 32.1. The van der Waals surface area contributed by atoms with E-state index in [1.54, 1.807) is 6.20 Å². The predicted molar refractivity (Wildman–Crippen MR) is 82.2 cm³/mol. The molecule has 2 heterocycles. The zero-order chi connectivity index (χ0) is 14.7. The van der Waals surface area contributed by atoms with E-state index in [9.17, 15) is 4.79 Å². The van der Waals surface area contributed by atoms with E-state index in [1.807, 2.05) is 26.2 Å². The molecule has 1 aromatic heterocycles. The third-order valence-electron chi connectivity index (χ3n) is 2.74. The minimum atomic E-state index is -0.344. The molecule has 0 saturated heterocycles. The van der Waals surface area contributed by atoms with E-state index in [1.165, 1.54) is 11.3 Å². The van der Waals surface area contributed by atoms with Gasteiger partial charge in [-0.1, -0.05) is 13.8 Å². The number of ether oxygens (including phenoxy) is 1. The number of thiazole rings is 1. The van der Waals surface area contributed by atoms with Crippen molar-refractivity contribution in [2.75, 3.05) is 6.61 Å². The number of aromatic nitrogens is 1. The average molecular weight is 311 g/mol. The average Bonchev–Trinajstić information content (AvgIpc) is 2.88. The molecule has 1 unspecified atom stereocenters. The fourth-order valence-corrected chi connectivity index (χ4v) is 2.81. The maximum Gasteiger partial charge on any atom is 0.338 e. The summed E-state index contributed by atoms with van der Waals surface area (Å²) in [5.41, 5.74) is 1.25. The Labute approximate surface area is 127 Å². The first-order valence-electron chi connectivity index (χ1n) is 6.33. The molecule has 2 rings (SSSR count). The standard InChI is InChI=1S/C13H17N3O2S2/c1-7(2)6-18-12(17)9-8(3)15-13(19)16-10(9)11-14-4-5-20-11/h4-5,7,10H,6H2,1-3H3,(H2,15,16,19). The SMILES string of the molecule is CC1=C(C(=O)OCC(C)C)C(c2nccs2)NC(=S)N1. The number of carbonyl (C=O) groups excluding carboxylic acids is 1. The van der Waals surface area contributed by atoms with Crippen molar-refractivity contribution in [3.63, 3.8) is 0 Å². The normalized spacial score (nSPS) is 18.8. The number of allylic oxidation sites excluding steroid dienone is 1.